The van der Waals surface area contributed by atoms with E-state index in [1.165, 1.54) is 32.4 Å². The summed E-state index contributed by atoms with van der Waals surface area (Å²) in [5, 5.41) is 10.2. The summed E-state index contributed by atoms with van der Waals surface area (Å²) in [5.41, 5.74) is 1.15. The Kier molecular flexibility index (Phi) is 3.64. The van der Waals surface area contributed by atoms with Crippen molar-refractivity contribution in [3.8, 4) is 17.2 Å². The largest absolute Gasteiger partial charge is 0.507 e. The van der Waals surface area contributed by atoms with Gasteiger partial charge in [0.05, 0.1) is 30.9 Å². The summed E-state index contributed by atoms with van der Waals surface area (Å²) in [6, 6.07) is 4.50. The summed E-state index contributed by atoms with van der Waals surface area (Å²) >= 11 is 3.34. The normalized spacial score (nSPS) is 12.7. The van der Waals surface area contributed by atoms with Gasteiger partial charge in [0, 0.05) is 16.1 Å². The first-order valence-corrected chi connectivity index (χ1v) is 7.57. The maximum atomic E-state index is 12.9. The average molecular weight is 377 g/mol. The molecule has 0 spiro atoms. The lowest BCUT2D eigenvalue weighted by Gasteiger charge is -2.22. The number of aryl methyl sites for hydroxylation is 1. The van der Waals surface area contributed by atoms with Gasteiger partial charge in [0.2, 0.25) is 5.78 Å². The van der Waals surface area contributed by atoms with Crippen LogP contribution in [-0.2, 0) is 0 Å². The molecule has 0 radical (unpaired) electrons. The number of hydrogen-bond acceptors (Lipinski definition) is 5. The number of benzene rings is 2. The molecule has 0 bridgehead atoms. The van der Waals surface area contributed by atoms with Crippen molar-refractivity contribution in [3.63, 3.8) is 0 Å². The Morgan fingerprint density at radius 3 is 2.26 bits per heavy atom. The van der Waals surface area contributed by atoms with E-state index in [1.54, 1.807) is 6.92 Å². The molecule has 5 nitrogen and oxygen atoms in total. The number of phenolic OH excluding ortho intramolecular Hbond substituents is 1. The van der Waals surface area contributed by atoms with Gasteiger partial charge in [0.15, 0.2) is 5.78 Å². The predicted octanol–water partition coefficient (Wildman–Crippen LogP) is 3.26. The van der Waals surface area contributed by atoms with Crippen molar-refractivity contribution in [2.24, 2.45) is 0 Å². The zero-order chi connectivity index (χ0) is 16.9. The average Bonchev–Trinajstić information content (AvgIpc) is 2.54. The number of rotatable bonds is 2. The van der Waals surface area contributed by atoms with Gasteiger partial charge in [0.25, 0.3) is 0 Å². The van der Waals surface area contributed by atoms with Gasteiger partial charge in [-0.2, -0.15) is 0 Å². The Morgan fingerprint density at radius 2 is 1.65 bits per heavy atom. The second-order valence-electron chi connectivity index (χ2n) is 5.19. The van der Waals surface area contributed by atoms with Crippen molar-refractivity contribution in [1.82, 2.24) is 0 Å². The topological polar surface area (TPSA) is 72.8 Å². The molecule has 1 N–H and O–H groups in total. The number of carbonyl (C=O) groups is 2. The molecule has 1 aliphatic rings. The molecule has 0 aliphatic heterocycles. The van der Waals surface area contributed by atoms with Gasteiger partial charge in [0.1, 0.15) is 17.2 Å². The third-order valence-corrected chi connectivity index (χ3v) is 4.90. The summed E-state index contributed by atoms with van der Waals surface area (Å²) in [5.74, 6) is -0.384. The lowest BCUT2D eigenvalue weighted by atomic mass is 9.82. The van der Waals surface area contributed by atoms with Crippen LogP contribution < -0.4 is 9.47 Å². The second kappa shape index (κ2) is 5.38. The van der Waals surface area contributed by atoms with Crippen LogP contribution in [0.4, 0.5) is 0 Å². The minimum absolute atomic E-state index is 0.0107. The van der Waals surface area contributed by atoms with Crippen molar-refractivity contribution >= 4 is 27.5 Å². The van der Waals surface area contributed by atoms with E-state index in [1.807, 2.05) is 0 Å². The maximum absolute atomic E-state index is 12.9. The number of ether oxygens (including phenoxy) is 2. The SMILES string of the molecule is COc1cc(OC)c2c(c1)C(=O)c1c(Br)c(C)cc(O)c1C2=O. The van der Waals surface area contributed by atoms with Gasteiger partial charge in [-0.25, -0.2) is 0 Å². The summed E-state index contributed by atoms with van der Waals surface area (Å²) in [6.07, 6.45) is 0. The molecule has 0 saturated heterocycles. The van der Waals surface area contributed by atoms with Crippen LogP contribution in [0.2, 0.25) is 0 Å². The first-order valence-electron chi connectivity index (χ1n) is 6.78. The first kappa shape index (κ1) is 15.6. The zero-order valence-corrected chi connectivity index (χ0v) is 14.3. The molecule has 0 unspecified atom stereocenters. The minimum atomic E-state index is -0.452. The van der Waals surface area contributed by atoms with Gasteiger partial charge in [-0.1, -0.05) is 0 Å². The van der Waals surface area contributed by atoms with Gasteiger partial charge >= 0.3 is 0 Å². The predicted molar refractivity (Wildman–Crippen MR) is 87.0 cm³/mol. The molecular weight excluding hydrogens is 364 g/mol. The minimum Gasteiger partial charge on any atom is -0.507 e. The van der Waals surface area contributed by atoms with Crippen LogP contribution in [0.25, 0.3) is 0 Å². The number of carbonyl (C=O) groups excluding carboxylic acids is 2. The highest BCUT2D eigenvalue weighted by Gasteiger charge is 2.37. The molecular formula is C17H13BrO5. The molecule has 0 heterocycles. The molecule has 6 heteroatoms. The van der Waals surface area contributed by atoms with E-state index in [0.717, 1.165) is 0 Å². The Bertz CT molecular complexity index is 870. The number of hydrogen-bond donors (Lipinski definition) is 1. The standard InChI is InChI=1S/C17H13BrO5/c1-7-4-10(19)13-14(15(7)18)16(20)9-5-8(22-2)6-11(23-3)12(9)17(13)21/h4-6,19H,1-3H3. The third-order valence-electron chi connectivity index (χ3n) is 3.88. The quantitative estimate of drug-likeness (QED) is 0.742. The Hall–Kier alpha value is -2.34. The molecule has 2 aromatic carbocycles. The van der Waals surface area contributed by atoms with E-state index >= 15 is 0 Å². The molecule has 0 atom stereocenters. The summed E-state index contributed by atoms with van der Waals surface area (Å²) in [6.45, 7) is 1.74. The Morgan fingerprint density at radius 1 is 0.957 bits per heavy atom. The van der Waals surface area contributed by atoms with Crippen LogP contribution in [0.5, 0.6) is 17.2 Å². The smallest absolute Gasteiger partial charge is 0.202 e. The summed E-state index contributed by atoms with van der Waals surface area (Å²) in [7, 11) is 2.88. The summed E-state index contributed by atoms with van der Waals surface area (Å²) in [4.78, 5) is 25.8. The third kappa shape index (κ3) is 2.13. The highest BCUT2D eigenvalue weighted by Crippen LogP contribution is 2.42. The molecule has 0 amide bonds. The number of fused-ring (bicyclic) bond motifs is 2. The van der Waals surface area contributed by atoms with Crippen molar-refractivity contribution in [1.29, 1.82) is 0 Å². The molecule has 0 aromatic heterocycles. The van der Waals surface area contributed by atoms with Crippen molar-refractivity contribution < 1.29 is 24.2 Å². The van der Waals surface area contributed by atoms with Gasteiger partial charge in [-0.3, -0.25) is 9.59 Å². The Labute approximate surface area is 141 Å². The Balaban J connectivity index is 2.40. The van der Waals surface area contributed by atoms with Crippen LogP contribution in [0.15, 0.2) is 22.7 Å². The highest BCUT2D eigenvalue weighted by molar-refractivity contribution is 9.10. The van der Waals surface area contributed by atoms with E-state index in [4.69, 9.17) is 9.47 Å². The fraction of sp³-hybridized carbons (Fsp3) is 0.176. The van der Waals surface area contributed by atoms with Gasteiger partial charge < -0.3 is 14.6 Å². The number of ketones is 2. The van der Waals surface area contributed by atoms with Gasteiger partial charge in [-0.05, 0) is 40.5 Å². The van der Waals surface area contributed by atoms with Crippen LogP contribution in [0.3, 0.4) is 0 Å². The lowest BCUT2D eigenvalue weighted by molar-refractivity contribution is 0.0973. The number of aromatic hydroxyl groups is 1. The molecule has 3 rings (SSSR count). The highest BCUT2D eigenvalue weighted by atomic mass is 79.9. The van der Waals surface area contributed by atoms with Crippen molar-refractivity contribution in [2.75, 3.05) is 14.2 Å². The van der Waals surface area contributed by atoms with E-state index in [9.17, 15) is 14.7 Å². The van der Waals surface area contributed by atoms with Gasteiger partial charge in [-0.15, -0.1) is 0 Å². The fourth-order valence-corrected chi connectivity index (χ4v) is 3.25. The number of halogens is 1. The van der Waals surface area contributed by atoms with Crippen LogP contribution >= 0.6 is 15.9 Å². The van der Waals surface area contributed by atoms with E-state index < -0.39 is 5.78 Å². The monoisotopic (exact) mass is 376 g/mol. The van der Waals surface area contributed by atoms with Crippen LogP contribution in [0.1, 0.15) is 37.4 Å². The lowest BCUT2D eigenvalue weighted by Crippen LogP contribution is -2.23. The van der Waals surface area contributed by atoms with Crippen LogP contribution in [-0.4, -0.2) is 30.9 Å². The summed E-state index contributed by atoms with van der Waals surface area (Å²) < 4.78 is 10.9. The van der Waals surface area contributed by atoms with E-state index in [-0.39, 0.29) is 39.5 Å². The molecule has 0 fully saturated rings. The molecule has 2 aromatic rings. The first-order chi connectivity index (χ1) is 10.9. The molecule has 118 valence electrons. The zero-order valence-electron chi connectivity index (χ0n) is 12.7. The molecule has 23 heavy (non-hydrogen) atoms. The number of phenols is 1. The fourth-order valence-electron chi connectivity index (χ4n) is 2.76. The maximum Gasteiger partial charge on any atom is 0.202 e. The van der Waals surface area contributed by atoms with E-state index in [2.05, 4.69) is 15.9 Å². The molecule has 1 aliphatic carbocycles. The molecule has 0 saturated carbocycles. The van der Waals surface area contributed by atoms with E-state index in [0.29, 0.717) is 15.8 Å². The number of methoxy groups -OCH3 is 2. The van der Waals surface area contributed by atoms with Crippen molar-refractivity contribution in [3.05, 3.63) is 50.5 Å². The second-order valence-corrected chi connectivity index (χ2v) is 5.98. The van der Waals surface area contributed by atoms with Crippen LogP contribution in [0, 0.1) is 6.92 Å². The van der Waals surface area contributed by atoms with Crippen molar-refractivity contribution in [2.45, 2.75) is 6.92 Å².